The minimum absolute atomic E-state index is 0.0295. The highest BCUT2D eigenvalue weighted by Gasteiger charge is 2.45. The zero-order chi connectivity index (χ0) is 24.0. The maximum Gasteiger partial charge on any atom is 0.490 e. The van der Waals surface area contributed by atoms with Crippen molar-refractivity contribution in [2.24, 2.45) is 11.8 Å². The first-order valence-corrected chi connectivity index (χ1v) is 10.4. The van der Waals surface area contributed by atoms with Gasteiger partial charge in [0.05, 0.1) is 25.6 Å². The van der Waals surface area contributed by atoms with Gasteiger partial charge in [-0.15, -0.1) is 0 Å². The molecule has 0 radical (unpaired) electrons. The molecule has 0 spiro atoms. The van der Waals surface area contributed by atoms with E-state index in [1.165, 1.54) is 0 Å². The summed E-state index contributed by atoms with van der Waals surface area (Å²) in [6, 6.07) is 5.75. The van der Waals surface area contributed by atoms with Gasteiger partial charge in [0.1, 0.15) is 0 Å². The Kier molecular flexibility index (Phi) is 8.09. The normalized spacial score (nSPS) is 21.9. The molecule has 4 rings (SSSR count). The lowest BCUT2D eigenvalue weighted by atomic mass is 9.91. The summed E-state index contributed by atoms with van der Waals surface area (Å²) >= 11 is 0. The third-order valence-corrected chi connectivity index (χ3v) is 5.68. The van der Waals surface area contributed by atoms with Crippen molar-refractivity contribution in [2.45, 2.75) is 32.2 Å². The number of aryl methyl sites for hydroxylation is 1. The van der Waals surface area contributed by atoms with Gasteiger partial charge < -0.3 is 23.9 Å². The number of carboxylic acid groups (broad SMARTS) is 1. The van der Waals surface area contributed by atoms with Gasteiger partial charge in [-0.25, -0.2) is 4.79 Å². The maximum absolute atomic E-state index is 12.6. The number of rotatable bonds is 6. The number of ether oxygens (including phenoxy) is 2. The van der Waals surface area contributed by atoms with E-state index in [1.54, 1.807) is 18.7 Å². The van der Waals surface area contributed by atoms with Crippen molar-refractivity contribution in [3.05, 3.63) is 53.7 Å². The number of amides is 1. The predicted octanol–water partition coefficient (Wildman–Crippen LogP) is 3.31. The van der Waals surface area contributed by atoms with Gasteiger partial charge in [-0.2, -0.15) is 13.2 Å². The molecule has 2 aromatic rings. The van der Waals surface area contributed by atoms with Crippen molar-refractivity contribution in [3.63, 3.8) is 0 Å². The average molecular weight is 470 g/mol. The van der Waals surface area contributed by atoms with E-state index in [-0.39, 0.29) is 12.0 Å². The van der Waals surface area contributed by atoms with E-state index in [0.717, 1.165) is 30.7 Å². The summed E-state index contributed by atoms with van der Waals surface area (Å²) in [5.74, 6) is -1.51. The van der Waals surface area contributed by atoms with E-state index in [1.807, 2.05) is 30.0 Å². The molecule has 2 aliphatic heterocycles. The number of likely N-dealkylation sites (tertiary alicyclic amines) is 1. The summed E-state index contributed by atoms with van der Waals surface area (Å²) in [5.41, 5.74) is 2.01. The fraction of sp³-hybridized carbons (Fsp3) is 0.500. The lowest BCUT2D eigenvalue weighted by Gasteiger charge is -2.19. The number of carbonyl (C=O) groups is 2. The molecular formula is C22H25F3N2O6. The number of nitrogens with zero attached hydrogens (tertiary/aromatic N) is 2. The highest BCUT2D eigenvalue weighted by molar-refractivity contribution is 5.93. The number of carbonyl (C=O) groups excluding carboxylic acids is 1. The van der Waals surface area contributed by atoms with Crippen LogP contribution in [0.4, 0.5) is 13.2 Å². The standard InChI is InChI=1S/C20H24N2O4.C2HF3O2/c1-14-4-9-25-19(14)20(23)22-10-17-16(13-26-18(17)11-22)5-8-24-12-15-2-6-21-7-3-15;3-2(4,5)1(6)7/h2-4,6-7,9,16-18H,5,8,10-13H2,1H3;(H,6,7)/t16-,17-,18-;/m0./s1. The van der Waals surface area contributed by atoms with Crippen LogP contribution in [0.5, 0.6) is 0 Å². The van der Waals surface area contributed by atoms with E-state index in [2.05, 4.69) is 4.98 Å². The smallest absolute Gasteiger partial charge is 0.475 e. The van der Waals surface area contributed by atoms with Crippen LogP contribution < -0.4 is 0 Å². The molecule has 33 heavy (non-hydrogen) atoms. The van der Waals surface area contributed by atoms with Crippen LogP contribution in [0.25, 0.3) is 0 Å². The summed E-state index contributed by atoms with van der Waals surface area (Å²) < 4.78 is 48.8. The molecule has 2 aromatic heterocycles. The molecule has 2 fully saturated rings. The van der Waals surface area contributed by atoms with Gasteiger partial charge in [0, 0.05) is 43.6 Å². The Bertz CT molecular complexity index is 934. The summed E-state index contributed by atoms with van der Waals surface area (Å²) in [6.45, 7) is 5.34. The van der Waals surface area contributed by atoms with Crippen molar-refractivity contribution < 1.29 is 41.8 Å². The van der Waals surface area contributed by atoms with Crippen molar-refractivity contribution in [2.75, 3.05) is 26.3 Å². The molecule has 1 N–H and O–H groups in total. The number of aliphatic carboxylic acids is 1. The Morgan fingerprint density at radius 1 is 1.24 bits per heavy atom. The van der Waals surface area contributed by atoms with Gasteiger partial charge >= 0.3 is 12.1 Å². The van der Waals surface area contributed by atoms with E-state index in [9.17, 15) is 18.0 Å². The molecule has 0 aliphatic carbocycles. The van der Waals surface area contributed by atoms with Gasteiger partial charge in [-0.05, 0) is 43.0 Å². The fourth-order valence-corrected chi connectivity index (χ4v) is 3.90. The Morgan fingerprint density at radius 3 is 2.55 bits per heavy atom. The molecule has 0 unspecified atom stereocenters. The SMILES string of the molecule is Cc1ccoc1C(=O)N1C[C@H]2[C@@H](CCOCc3ccncc3)CO[C@H]2C1.O=C(O)C(F)(F)F. The molecule has 0 aromatic carbocycles. The summed E-state index contributed by atoms with van der Waals surface area (Å²) in [4.78, 5) is 27.4. The third kappa shape index (κ3) is 6.55. The number of aromatic nitrogens is 1. The molecule has 180 valence electrons. The van der Waals surface area contributed by atoms with Crippen molar-refractivity contribution in [1.29, 1.82) is 0 Å². The Hall–Kier alpha value is -2.92. The molecule has 8 nitrogen and oxygen atoms in total. The molecule has 2 saturated heterocycles. The second-order valence-electron chi connectivity index (χ2n) is 7.94. The third-order valence-electron chi connectivity index (χ3n) is 5.68. The Morgan fingerprint density at radius 2 is 1.94 bits per heavy atom. The molecule has 0 bridgehead atoms. The van der Waals surface area contributed by atoms with Crippen molar-refractivity contribution >= 4 is 11.9 Å². The maximum atomic E-state index is 12.6. The van der Waals surface area contributed by atoms with Gasteiger partial charge in [0.25, 0.3) is 5.91 Å². The topological polar surface area (TPSA) is 102 Å². The van der Waals surface area contributed by atoms with Crippen LogP contribution >= 0.6 is 0 Å². The minimum Gasteiger partial charge on any atom is -0.475 e. The molecule has 2 aliphatic rings. The second kappa shape index (κ2) is 10.8. The van der Waals surface area contributed by atoms with E-state index >= 15 is 0 Å². The second-order valence-corrected chi connectivity index (χ2v) is 7.94. The van der Waals surface area contributed by atoms with E-state index in [0.29, 0.717) is 37.4 Å². The first kappa shape index (κ1) is 24.7. The molecular weight excluding hydrogens is 445 g/mol. The molecule has 4 heterocycles. The first-order chi connectivity index (χ1) is 15.7. The van der Waals surface area contributed by atoms with Crippen LogP contribution in [-0.2, 0) is 20.9 Å². The number of alkyl halides is 3. The highest BCUT2D eigenvalue weighted by atomic mass is 19.4. The molecule has 3 atom stereocenters. The van der Waals surface area contributed by atoms with Crippen LogP contribution in [0.15, 0.2) is 41.3 Å². The van der Waals surface area contributed by atoms with Crippen LogP contribution in [0.2, 0.25) is 0 Å². The number of hydrogen-bond acceptors (Lipinski definition) is 6. The van der Waals surface area contributed by atoms with Crippen LogP contribution in [-0.4, -0.2) is 65.5 Å². The van der Waals surface area contributed by atoms with Gasteiger partial charge in [0.15, 0.2) is 5.76 Å². The number of fused-ring (bicyclic) bond motifs is 1. The molecule has 1 amide bonds. The van der Waals surface area contributed by atoms with Gasteiger partial charge in [-0.1, -0.05) is 0 Å². The highest BCUT2D eigenvalue weighted by Crippen LogP contribution is 2.36. The lowest BCUT2D eigenvalue weighted by Crippen LogP contribution is -2.31. The quantitative estimate of drug-likeness (QED) is 0.647. The Labute approximate surface area is 188 Å². The predicted molar refractivity (Wildman–Crippen MR) is 108 cm³/mol. The largest absolute Gasteiger partial charge is 0.490 e. The van der Waals surface area contributed by atoms with Crippen molar-refractivity contribution in [3.8, 4) is 0 Å². The lowest BCUT2D eigenvalue weighted by molar-refractivity contribution is -0.192. The zero-order valence-corrected chi connectivity index (χ0v) is 18.0. The number of pyridine rings is 1. The van der Waals surface area contributed by atoms with Gasteiger partial charge in [0.2, 0.25) is 0 Å². The Balaban J connectivity index is 0.000000383. The van der Waals surface area contributed by atoms with Gasteiger partial charge in [-0.3, -0.25) is 9.78 Å². The number of hydrogen-bond donors (Lipinski definition) is 1. The van der Waals surface area contributed by atoms with E-state index in [4.69, 9.17) is 23.8 Å². The fourth-order valence-electron chi connectivity index (χ4n) is 3.90. The van der Waals surface area contributed by atoms with Crippen LogP contribution in [0, 0.1) is 18.8 Å². The average Bonchev–Trinajstić information content (AvgIpc) is 3.48. The number of halogens is 3. The number of carboxylic acids is 1. The molecule has 0 saturated carbocycles. The van der Waals surface area contributed by atoms with Crippen molar-refractivity contribution in [1.82, 2.24) is 9.88 Å². The first-order valence-electron chi connectivity index (χ1n) is 10.4. The zero-order valence-electron chi connectivity index (χ0n) is 18.0. The minimum atomic E-state index is -5.08. The summed E-state index contributed by atoms with van der Waals surface area (Å²) in [6.07, 6.45) is 1.13. The van der Waals surface area contributed by atoms with E-state index < -0.39 is 12.1 Å². The summed E-state index contributed by atoms with van der Waals surface area (Å²) in [7, 11) is 0. The summed E-state index contributed by atoms with van der Waals surface area (Å²) in [5, 5.41) is 7.12. The number of furan rings is 1. The monoisotopic (exact) mass is 470 g/mol. The molecule has 11 heteroatoms. The van der Waals surface area contributed by atoms with Crippen LogP contribution in [0.3, 0.4) is 0 Å². The van der Waals surface area contributed by atoms with Crippen LogP contribution in [0.1, 0.15) is 28.1 Å².